The van der Waals surface area contributed by atoms with Crippen LogP contribution >= 0.6 is 0 Å². The molecule has 1 aromatic carbocycles. The molecule has 0 bridgehead atoms. The maximum atomic E-state index is 12.3. The summed E-state index contributed by atoms with van der Waals surface area (Å²) >= 11 is 0. The summed E-state index contributed by atoms with van der Waals surface area (Å²) in [5.41, 5.74) is 1.54. The molecule has 0 fully saturated rings. The summed E-state index contributed by atoms with van der Waals surface area (Å²) in [5.74, 6) is 1.32. The van der Waals surface area contributed by atoms with E-state index in [1.807, 2.05) is 24.3 Å². The van der Waals surface area contributed by atoms with Crippen LogP contribution in [0.4, 0.5) is 0 Å². The summed E-state index contributed by atoms with van der Waals surface area (Å²) in [7, 11) is 1.74. The molecule has 1 aromatic heterocycles. The quantitative estimate of drug-likeness (QED) is 0.577. The third-order valence-corrected chi connectivity index (χ3v) is 3.37. The first-order chi connectivity index (χ1) is 11.9. The van der Waals surface area contributed by atoms with Crippen LogP contribution < -0.4 is 16.0 Å². The molecule has 0 spiro atoms. The standard InChI is InChI=1S/C19H26N4O2/c1-19(2,3)23-18(20-4)22-12-14-7-5-8-15(11-14)17(24)21-13-16-9-6-10-25-16/h5-11H,12-13H2,1-4H3,(H,21,24)(H2,20,22,23). The van der Waals surface area contributed by atoms with Crippen LogP contribution in [-0.2, 0) is 13.1 Å². The third-order valence-electron chi connectivity index (χ3n) is 3.37. The maximum Gasteiger partial charge on any atom is 0.251 e. The Morgan fingerprint density at radius 1 is 1.12 bits per heavy atom. The van der Waals surface area contributed by atoms with Gasteiger partial charge in [-0.3, -0.25) is 9.79 Å². The van der Waals surface area contributed by atoms with E-state index in [4.69, 9.17) is 4.42 Å². The van der Waals surface area contributed by atoms with E-state index in [0.29, 0.717) is 18.7 Å². The summed E-state index contributed by atoms with van der Waals surface area (Å²) in [6.07, 6.45) is 1.59. The maximum absolute atomic E-state index is 12.3. The Morgan fingerprint density at radius 2 is 1.92 bits per heavy atom. The lowest BCUT2D eigenvalue weighted by Gasteiger charge is -2.23. The molecule has 134 valence electrons. The molecule has 0 radical (unpaired) electrons. The van der Waals surface area contributed by atoms with E-state index in [9.17, 15) is 4.79 Å². The number of carbonyl (C=O) groups is 1. The predicted octanol–water partition coefficient (Wildman–Crippen LogP) is 2.67. The van der Waals surface area contributed by atoms with E-state index >= 15 is 0 Å². The van der Waals surface area contributed by atoms with E-state index in [1.165, 1.54) is 0 Å². The van der Waals surface area contributed by atoms with Crippen molar-refractivity contribution in [1.29, 1.82) is 0 Å². The van der Waals surface area contributed by atoms with Gasteiger partial charge in [-0.15, -0.1) is 0 Å². The number of carbonyl (C=O) groups excluding carboxylic acids is 1. The minimum absolute atomic E-state index is 0.0740. The fraction of sp³-hybridized carbons (Fsp3) is 0.368. The molecule has 3 N–H and O–H groups in total. The number of hydrogen-bond acceptors (Lipinski definition) is 3. The van der Waals surface area contributed by atoms with Gasteiger partial charge in [0, 0.05) is 24.7 Å². The van der Waals surface area contributed by atoms with Crippen molar-refractivity contribution in [2.75, 3.05) is 7.05 Å². The van der Waals surface area contributed by atoms with E-state index < -0.39 is 0 Å². The van der Waals surface area contributed by atoms with Crippen LogP contribution in [0.3, 0.4) is 0 Å². The molecule has 1 heterocycles. The van der Waals surface area contributed by atoms with Crippen molar-refractivity contribution in [3.8, 4) is 0 Å². The minimum Gasteiger partial charge on any atom is -0.467 e. The zero-order valence-electron chi connectivity index (χ0n) is 15.2. The van der Waals surface area contributed by atoms with Gasteiger partial charge < -0.3 is 20.4 Å². The van der Waals surface area contributed by atoms with Gasteiger partial charge in [-0.1, -0.05) is 12.1 Å². The topological polar surface area (TPSA) is 78.7 Å². The first-order valence-electron chi connectivity index (χ1n) is 8.26. The zero-order chi connectivity index (χ0) is 18.3. The van der Waals surface area contributed by atoms with Gasteiger partial charge in [0.25, 0.3) is 5.91 Å². The average Bonchev–Trinajstić information content (AvgIpc) is 3.09. The Hall–Kier alpha value is -2.76. The molecule has 0 saturated carbocycles. The SMILES string of the molecule is CN=C(NCc1cccc(C(=O)NCc2ccco2)c1)NC(C)(C)C. The van der Waals surface area contributed by atoms with Crippen LogP contribution in [0.15, 0.2) is 52.1 Å². The van der Waals surface area contributed by atoms with Crippen molar-refractivity contribution in [3.05, 3.63) is 59.5 Å². The number of hydrogen-bond donors (Lipinski definition) is 3. The van der Waals surface area contributed by atoms with E-state index in [0.717, 1.165) is 17.3 Å². The van der Waals surface area contributed by atoms with Crippen molar-refractivity contribution in [2.45, 2.75) is 39.4 Å². The molecule has 6 nitrogen and oxygen atoms in total. The molecule has 1 amide bonds. The van der Waals surface area contributed by atoms with Gasteiger partial charge in [0.05, 0.1) is 12.8 Å². The van der Waals surface area contributed by atoms with Gasteiger partial charge in [0.15, 0.2) is 5.96 Å². The lowest BCUT2D eigenvalue weighted by molar-refractivity contribution is 0.0948. The lowest BCUT2D eigenvalue weighted by atomic mass is 10.1. The Morgan fingerprint density at radius 3 is 2.56 bits per heavy atom. The molecular formula is C19H26N4O2. The van der Waals surface area contributed by atoms with Gasteiger partial charge in [-0.2, -0.15) is 0 Å². The normalized spacial score (nSPS) is 11.9. The second kappa shape index (κ2) is 8.37. The van der Waals surface area contributed by atoms with Crippen molar-refractivity contribution in [1.82, 2.24) is 16.0 Å². The fourth-order valence-corrected chi connectivity index (χ4v) is 2.23. The highest BCUT2D eigenvalue weighted by Crippen LogP contribution is 2.07. The van der Waals surface area contributed by atoms with Crippen LogP contribution in [0.5, 0.6) is 0 Å². The molecule has 0 unspecified atom stereocenters. The molecule has 0 aliphatic carbocycles. The summed E-state index contributed by atoms with van der Waals surface area (Å²) in [6, 6.07) is 11.1. The Balaban J connectivity index is 1.92. The zero-order valence-corrected chi connectivity index (χ0v) is 15.2. The molecule has 0 aliphatic heterocycles. The van der Waals surface area contributed by atoms with Gasteiger partial charge in [0.2, 0.25) is 0 Å². The number of amides is 1. The van der Waals surface area contributed by atoms with Crippen LogP contribution in [0.2, 0.25) is 0 Å². The van der Waals surface area contributed by atoms with Crippen LogP contribution in [-0.4, -0.2) is 24.5 Å². The lowest BCUT2D eigenvalue weighted by Crippen LogP contribution is -2.47. The highest BCUT2D eigenvalue weighted by Gasteiger charge is 2.12. The fourth-order valence-electron chi connectivity index (χ4n) is 2.23. The monoisotopic (exact) mass is 342 g/mol. The number of nitrogens with one attached hydrogen (secondary N) is 3. The molecule has 6 heteroatoms. The first-order valence-corrected chi connectivity index (χ1v) is 8.26. The van der Waals surface area contributed by atoms with Crippen molar-refractivity contribution in [3.63, 3.8) is 0 Å². The Bertz CT molecular complexity index is 715. The number of aliphatic imine (C=N–C) groups is 1. The van der Waals surface area contributed by atoms with E-state index in [-0.39, 0.29) is 11.4 Å². The largest absolute Gasteiger partial charge is 0.467 e. The third kappa shape index (κ3) is 6.33. The predicted molar refractivity (Wildman–Crippen MR) is 99.4 cm³/mol. The molecular weight excluding hydrogens is 316 g/mol. The molecule has 0 aliphatic rings. The summed E-state index contributed by atoms with van der Waals surface area (Å²) in [6.45, 7) is 7.17. The van der Waals surface area contributed by atoms with Gasteiger partial charge in [-0.05, 0) is 50.6 Å². The van der Waals surface area contributed by atoms with E-state index in [1.54, 1.807) is 25.4 Å². The van der Waals surface area contributed by atoms with Crippen molar-refractivity contribution in [2.24, 2.45) is 4.99 Å². The van der Waals surface area contributed by atoms with Gasteiger partial charge in [-0.25, -0.2) is 0 Å². The average molecular weight is 342 g/mol. The van der Waals surface area contributed by atoms with Crippen molar-refractivity contribution >= 4 is 11.9 Å². The first kappa shape index (κ1) is 18.6. The molecule has 0 atom stereocenters. The molecule has 2 rings (SSSR count). The Kier molecular flexibility index (Phi) is 6.22. The second-order valence-electron chi connectivity index (χ2n) is 6.76. The molecule has 25 heavy (non-hydrogen) atoms. The second-order valence-corrected chi connectivity index (χ2v) is 6.76. The highest BCUT2D eigenvalue weighted by molar-refractivity contribution is 5.94. The van der Waals surface area contributed by atoms with Gasteiger partial charge in [0.1, 0.15) is 5.76 Å². The van der Waals surface area contributed by atoms with Crippen LogP contribution in [0.25, 0.3) is 0 Å². The smallest absolute Gasteiger partial charge is 0.251 e. The Labute approximate surface area is 148 Å². The van der Waals surface area contributed by atoms with Crippen LogP contribution in [0.1, 0.15) is 42.5 Å². The highest BCUT2D eigenvalue weighted by atomic mass is 16.3. The number of furan rings is 1. The minimum atomic E-state index is -0.129. The summed E-state index contributed by atoms with van der Waals surface area (Å²) < 4.78 is 5.22. The van der Waals surface area contributed by atoms with Crippen molar-refractivity contribution < 1.29 is 9.21 Å². The van der Waals surface area contributed by atoms with Gasteiger partial charge >= 0.3 is 0 Å². The van der Waals surface area contributed by atoms with E-state index in [2.05, 4.69) is 41.7 Å². The number of rotatable bonds is 5. The number of guanidine groups is 1. The van der Waals surface area contributed by atoms with Crippen LogP contribution in [0, 0.1) is 0 Å². The number of benzene rings is 1. The summed E-state index contributed by atoms with van der Waals surface area (Å²) in [4.78, 5) is 16.5. The molecule has 0 saturated heterocycles. The summed E-state index contributed by atoms with van der Waals surface area (Å²) in [5, 5.41) is 9.40. The molecule has 2 aromatic rings. The number of nitrogens with zero attached hydrogens (tertiary/aromatic N) is 1.